The third-order valence-corrected chi connectivity index (χ3v) is 3.05. The van der Waals surface area contributed by atoms with Crippen LogP contribution in [0.4, 0.5) is 0 Å². The molecule has 0 aliphatic carbocycles. The summed E-state index contributed by atoms with van der Waals surface area (Å²) < 4.78 is 0.121. The molecule has 0 aromatic carbocycles. The van der Waals surface area contributed by atoms with E-state index < -0.39 is 0 Å². The lowest BCUT2D eigenvalue weighted by molar-refractivity contribution is 0.499. The number of alkyl halides is 4. The molecule has 1 heterocycles. The molecule has 0 saturated carbocycles. The molecule has 1 rings (SSSR count). The minimum atomic E-state index is 0.0347. The largest absolute Gasteiger partial charge is 0.321 e. The lowest BCUT2D eigenvalue weighted by atomic mass is 10.6. The molecule has 0 spiro atoms. The minimum absolute atomic E-state index is 0.0347. The van der Waals surface area contributed by atoms with E-state index in [0.29, 0.717) is 6.67 Å². The van der Waals surface area contributed by atoms with E-state index in [0.717, 1.165) is 5.84 Å². The van der Waals surface area contributed by atoms with E-state index in [9.17, 15) is 0 Å². The maximum absolute atomic E-state index is 4.22. The highest BCUT2D eigenvalue weighted by atomic mass is 79.9. The van der Waals surface area contributed by atoms with Crippen LogP contribution in [0.3, 0.4) is 0 Å². The van der Waals surface area contributed by atoms with Crippen LogP contribution < -0.4 is 0 Å². The number of aliphatic imine (C=N–C) groups is 2. The Morgan fingerprint density at radius 3 is 2.33 bits per heavy atom. The first-order valence-electron chi connectivity index (χ1n) is 3.02. The molecule has 3 nitrogen and oxygen atoms in total. The van der Waals surface area contributed by atoms with Crippen LogP contribution in [0.25, 0.3) is 0 Å². The zero-order valence-corrected chi connectivity index (χ0v) is 12.1. The average molecular weight is 427 g/mol. The molecule has 0 radical (unpaired) electrons. The van der Waals surface area contributed by atoms with Crippen molar-refractivity contribution in [3.05, 3.63) is 0 Å². The lowest BCUT2D eigenvalue weighted by Gasteiger charge is -2.22. The standard InChI is InChI=1S/C5H5Br4N3/c6-3(7)4-10-1-12(2-11-4)5(8)9/h1,3,5H,2H2. The van der Waals surface area contributed by atoms with Crippen LogP contribution in [-0.4, -0.2) is 31.3 Å². The number of halogens is 4. The highest BCUT2D eigenvalue weighted by Gasteiger charge is 2.14. The van der Waals surface area contributed by atoms with Crippen molar-refractivity contribution in [2.24, 2.45) is 9.98 Å². The van der Waals surface area contributed by atoms with Gasteiger partial charge in [-0.1, -0.05) is 63.7 Å². The number of amidine groups is 1. The molecule has 1 aliphatic heterocycles. The summed E-state index contributed by atoms with van der Waals surface area (Å²) in [5.74, 6) is 0.756. The van der Waals surface area contributed by atoms with Crippen molar-refractivity contribution < 1.29 is 0 Å². The predicted molar refractivity (Wildman–Crippen MR) is 65.9 cm³/mol. The molecule has 0 atom stereocenters. The van der Waals surface area contributed by atoms with E-state index >= 15 is 0 Å². The Morgan fingerprint density at radius 1 is 1.33 bits per heavy atom. The van der Waals surface area contributed by atoms with Crippen LogP contribution in [0, 0.1) is 0 Å². The average Bonchev–Trinajstić information content (AvgIpc) is 2.04. The van der Waals surface area contributed by atoms with Gasteiger partial charge in [-0.15, -0.1) is 0 Å². The smallest absolute Gasteiger partial charge is 0.151 e. The van der Waals surface area contributed by atoms with E-state index in [1.54, 1.807) is 6.34 Å². The molecule has 0 unspecified atom stereocenters. The van der Waals surface area contributed by atoms with Crippen LogP contribution in [0.15, 0.2) is 9.98 Å². The van der Waals surface area contributed by atoms with Crippen molar-refractivity contribution in [2.75, 3.05) is 6.67 Å². The summed E-state index contributed by atoms with van der Waals surface area (Å²) in [5.41, 5.74) is 0. The zero-order chi connectivity index (χ0) is 9.14. The molecule has 7 heteroatoms. The van der Waals surface area contributed by atoms with Gasteiger partial charge in [0.25, 0.3) is 0 Å². The molecular weight excluding hydrogens is 422 g/mol. The number of rotatable bonds is 2. The number of hydrogen-bond donors (Lipinski definition) is 0. The van der Waals surface area contributed by atoms with Crippen LogP contribution >= 0.6 is 63.7 Å². The Hall–Kier alpha value is 1.06. The van der Waals surface area contributed by atoms with Gasteiger partial charge in [0.05, 0.1) is 6.34 Å². The second-order valence-corrected chi connectivity index (χ2v) is 8.02. The monoisotopic (exact) mass is 423 g/mol. The van der Waals surface area contributed by atoms with Gasteiger partial charge in [-0.2, -0.15) is 0 Å². The molecule has 0 bridgehead atoms. The first-order valence-corrected chi connectivity index (χ1v) is 6.68. The maximum Gasteiger partial charge on any atom is 0.151 e. The molecule has 0 N–H and O–H groups in total. The van der Waals surface area contributed by atoms with Crippen molar-refractivity contribution in [1.82, 2.24) is 4.90 Å². The Balaban J connectivity index is 2.55. The number of hydrogen-bond acceptors (Lipinski definition) is 3. The normalized spacial score (nSPS) is 17.5. The molecule has 0 saturated heterocycles. The maximum atomic E-state index is 4.22. The molecular formula is C5H5Br4N3. The Morgan fingerprint density at radius 2 is 2.00 bits per heavy atom. The lowest BCUT2D eigenvalue weighted by Crippen LogP contribution is -2.30. The van der Waals surface area contributed by atoms with Crippen molar-refractivity contribution in [3.63, 3.8) is 0 Å². The van der Waals surface area contributed by atoms with E-state index in [1.807, 2.05) is 4.90 Å². The fraction of sp³-hybridized carbons (Fsp3) is 0.600. The topological polar surface area (TPSA) is 28.0 Å². The predicted octanol–water partition coefficient (Wildman–Crippen LogP) is 2.88. The Kier molecular flexibility index (Phi) is 4.70. The summed E-state index contributed by atoms with van der Waals surface area (Å²) in [6.07, 6.45) is 1.74. The molecule has 0 fully saturated rings. The van der Waals surface area contributed by atoms with Crippen molar-refractivity contribution in [1.29, 1.82) is 0 Å². The van der Waals surface area contributed by atoms with Gasteiger partial charge < -0.3 is 4.90 Å². The van der Waals surface area contributed by atoms with Crippen LogP contribution in [0.1, 0.15) is 0 Å². The van der Waals surface area contributed by atoms with Gasteiger partial charge in [0.15, 0.2) is 5.84 Å². The van der Waals surface area contributed by atoms with Crippen molar-refractivity contribution in [2.45, 2.75) is 7.60 Å². The SMILES string of the molecule is BrC(Br)C1=NCN(C(Br)Br)C=N1. The van der Waals surface area contributed by atoms with Gasteiger partial charge in [-0.3, -0.25) is 0 Å². The quantitative estimate of drug-likeness (QED) is 0.493. The fourth-order valence-electron chi connectivity index (χ4n) is 0.602. The van der Waals surface area contributed by atoms with Crippen molar-refractivity contribution >= 4 is 75.9 Å². The fourth-order valence-corrected chi connectivity index (χ4v) is 1.60. The molecule has 1 aliphatic rings. The van der Waals surface area contributed by atoms with Crippen molar-refractivity contribution in [3.8, 4) is 0 Å². The number of nitrogens with zero attached hydrogens (tertiary/aromatic N) is 3. The van der Waals surface area contributed by atoms with Crippen LogP contribution in [0.2, 0.25) is 0 Å². The second kappa shape index (κ2) is 5.07. The summed E-state index contributed by atoms with van der Waals surface area (Å²) in [7, 11) is 0. The van der Waals surface area contributed by atoms with Gasteiger partial charge in [0, 0.05) is 0 Å². The second-order valence-electron chi connectivity index (χ2n) is 1.99. The third-order valence-electron chi connectivity index (χ3n) is 1.18. The Bertz CT molecular complexity index is 213. The van der Waals surface area contributed by atoms with Gasteiger partial charge in [-0.25, -0.2) is 9.98 Å². The minimum Gasteiger partial charge on any atom is -0.321 e. The molecule has 12 heavy (non-hydrogen) atoms. The van der Waals surface area contributed by atoms with Crippen LogP contribution in [-0.2, 0) is 0 Å². The van der Waals surface area contributed by atoms with E-state index in [1.165, 1.54) is 0 Å². The van der Waals surface area contributed by atoms with Gasteiger partial charge in [0.2, 0.25) is 0 Å². The first-order chi connectivity index (χ1) is 5.61. The third kappa shape index (κ3) is 3.08. The van der Waals surface area contributed by atoms with E-state index in [2.05, 4.69) is 73.7 Å². The summed E-state index contributed by atoms with van der Waals surface area (Å²) >= 11 is 13.3. The van der Waals surface area contributed by atoms with Gasteiger partial charge >= 0.3 is 0 Å². The van der Waals surface area contributed by atoms with E-state index in [-0.39, 0.29) is 7.60 Å². The Labute approximate surface area is 104 Å². The highest BCUT2D eigenvalue weighted by Crippen LogP contribution is 2.17. The summed E-state index contributed by atoms with van der Waals surface area (Å²) in [4.78, 5) is 10.3. The van der Waals surface area contributed by atoms with Gasteiger partial charge in [0.1, 0.15) is 14.3 Å². The van der Waals surface area contributed by atoms with E-state index in [4.69, 9.17) is 0 Å². The molecule has 0 amide bonds. The molecule has 0 aromatic heterocycles. The first kappa shape index (κ1) is 11.1. The summed E-state index contributed by atoms with van der Waals surface area (Å²) in [6.45, 7) is 0.605. The summed E-state index contributed by atoms with van der Waals surface area (Å²) in [5, 5.41) is 0. The highest BCUT2D eigenvalue weighted by molar-refractivity contribution is 9.25. The summed E-state index contributed by atoms with van der Waals surface area (Å²) in [6, 6.07) is 0. The molecule has 0 aromatic rings. The van der Waals surface area contributed by atoms with Gasteiger partial charge in [-0.05, 0) is 0 Å². The zero-order valence-electron chi connectivity index (χ0n) is 5.79. The molecule has 68 valence electrons. The van der Waals surface area contributed by atoms with Crippen LogP contribution in [0.5, 0.6) is 0 Å².